The van der Waals surface area contributed by atoms with Crippen molar-refractivity contribution in [1.29, 1.82) is 0 Å². The Morgan fingerprint density at radius 2 is 2.27 bits per heavy atom. The average molecular weight is 202 g/mol. The zero-order valence-electron chi connectivity index (χ0n) is 8.72. The topological polar surface area (TPSA) is 56.7 Å². The Hall–Kier alpha value is -1.68. The van der Waals surface area contributed by atoms with E-state index >= 15 is 0 Å². The first-order valence-corrected chi connectivity index (χ1v) is 5.03. The Morgan fingerprint density at radius 3 is 2.87 bits per heavy atom. The lowest BCUT2D eigenvalue weighted by atomic mass is 10.2. The maximum absolute atomic E-state index is 5.67. The normalized spacial score (nSPS) is 10.5. The van der Waals surface area contributed by atoms with Crippen molar-refractivity contribution in [3.8, 4) is 11.4 Å². The highest BCUT2D eigenvalue weighted by molar-refractivity contribution is 5.57. The number of pyridine rings is 1. The molecule has 15 heavy (non-hydrogen) atoms. The van der Waals surface area contributed by atoms with Gasteiger partial charge >= 0.3 is 0 Å². The largest absolute Gasteiger partial charge is 0.326 e. The molecule has 2 N–H and O–H groups in total. The molecule has 0 aromatic carbocycles. The summed E-state index contributed by atoms with van der Waals surface area (Å²) in [5.74, 6) is 0. The summed E-state index contributed by atoms with van der Waals surface area (Å²) in [5.41, 5.74) is 8.48. The zero-order valence-corrected chi connectivity index (χ0v) is 8.72. The third-order valence-corrected chi connectivity index (χ3v) is 2.29. The number of hydrogen-bond acceptors (Lipinski definition) is 3. The molecule has 0 spiro atoms. The van der Waals surface area contributed by atoms with E-state index in [2.05, 4.69) is 17.0 Å². The lowest BCUT2D eigenvalue weighted by Gasteiger charge is -1.97. The molecule has 4 heteroatoms. The predicted molar refractivity (Wildman–Crippen MR) is 59.0 cm³/mol. The van der Waals surface area contributed by atoms with Crippen molar-refractivity contribution < 1.29 is 0 Å². The molecule has 0 atom stereocenters. The van der Waals surface area contributed by atoms with Crippen molar-refractivity contribution in [3.63, 3.8) is 0 Å². The van der Waals surface area contributed by atoms with E-state index in [4.69, 9.17) is 5.73 Å². The molecule has 0 aliphatic heterocycles. The number of rotatable bonds is 3. The zero-order chi connectivity index (χ0) is 10.7. The molecule has 0 saturated heterocycles. The summed E-state index contributed by atoms with van der Waals surface area (Å²) in [7, 11) is 0. The van der Waals surface area contributed by atoms with Crippen LogP contribution in [0.25, 0.3) is 11.4 Å². The number of hydrogen-bond donors (Lipinski definition) is 1. The third-order valence-electron chi connectivity index (χ3n) is 2.29. The Balaban J connectivity index is 2.47. The molecule has 0 radical (unpaired) electrons. The second kappa shape index (κ2) is 4.23. The van der Waals surface area contributed by atoms with Crippen LogP contribution < -0.4 is 5.73 Å². The Bertz CT molecular complexity index is 433. The van der Waals surface area contributed by atoms with Gasteiger partial charge in [0.1, 0.15) is 5.69 Å². The molecular weight excluding hydrogens is 188 g/mol. The van der Waals surface area contributed by atoms with Crippen LogP contribution in [0.15, 0.2) is 30.6 Å². The highest BCUT2D eigenvalue weighted by Gasteiger charge is 2.09. The van der Waals surface area contributed by atoms with Gasteiger partial charge in [0.15, 0.2) is 0 Å². The molecule has 0 bridgehead atoms. The molecule has 0 aliphatic carbocycles. The fourth-order valence-corrected chi connectivity index (χ4v) is 1.49. The van der Waals surface area contributed by atoms with Crippen LogP contribution in [0.4, 0.5) is 0 Å². The quantitative estimate of drug-likeness (QED) is 0.819. The van der Waals surface area contributed by atoms with Crippen molar-refractivity contribution in [2.24, 2.45) is 5.73 Å². The standard InChI is InChI=1S/C11H14N4/c1-2-15-8-9(7-12)11(14-15)10-5-3-4-6-13-10/h3-6,8H,2,7,12H2,1H3. The van der Waals surface area contributed by atoms with E-state index in [1.54, 1.807) is 6.20 Å². The Morgan fingerprint density at radius 1 is 1.40 bits per heavy atom. The van der Waals surface area contributed by atoms with Crippen molar-refractivity contribution >= 4 is 0 Å². The van der Waals surface area contributed by atoms with E-state index in [1.165, 1.54) is 0 Å². The van der Waals surface area contributed by atoms with Gasteiger partial charge in [0.05, 0.1) is 5.69 Å². The van der Waals surface area contributed by atoms with Crippen LogP contribution in [-0.4, -0.2) is 14.8 Å². The van der Waals surface area contributed by atoms with E-state index in [9.17, 15) is 0 Å². The van der Waals surface area contributed by atoms with E-state index in [-0.39, 0.29) is 0 Å². The maximum atomic E-state index is 5.67. The fourth-order valence-electron chi connectivity index (χ4n) is 1.49. The van der Waals surface area contributed by atoms with E-state index in [0.29, 0.717) is 6.54 Å². The second-order valence-electron chi connectivity index (χ2n) is 3.28. The molecule has 2 aromatic rings. The Kier molecular flexibility index (Phi) is 2.78. The summed E-state index contributed by atoms with van der Waals surface area (Å²) >= 11 is 0. The molecule has 0 saturated carbocycles. The van der Waals surface area contributed by atoms with Gasteiger partial charge in [-0.3, -0.25) is 9.67 Å². The lowest BCUT2D eigenvalue weighted by molar-refractivity contribution is 0.661. The molecule has 0 unspecified atom stereocenters. The molecule has 2 aromatic heterocycles. The Labute approximate surface area is 88.8 Å². The maximum Gasteiger partial charge on any atom is 0.115 e. The van der Waals surface area contributed by atoms with Crippen LogP contribution >= 0.6 is 0 Å². The molecule has 4 nitrogen and oxygen atoms in total. The van der Waals surface area contributed by atoms with E-state index in [1.807, 2.05) is 29.1 Å². The minimum Gasteiger partial charge on any atom is -0.326 e. The van der Waals surface area contributed by atoms with Crippen molar-refractivity contribution in [2.75, 3.05) is 0 Å². The summed E-state index contributed by atoms with van der Waals surface area (Å²) in [6, 6.07) is 5.79. The molecule has 2 rings (SSSR count). The van der Waals surface area contributed by atoms with Crippen LogP contribution in [0.3, 0.4) is 0 Å². The van der Waals surface area contributed by atoms with Crippen LogP contribution in [0.2, 0.25) is 0 Å². The van der Waals surface area contributed by atoms with Crippen molar-refractivity contribution in [2.45, 2.75) is 20.0 Å². The first kappa shape index (κ1) is 9.86. The molecular formula is C11H14N4. The predicted octanol–water partition coefficient (Wildman–Crippen LogP) is 1.42. The van der Waals surface area contributed by atoms with Crippen LogP contribution in [0, 0.1) is 0 Å². The SMILES string of the molecule is CCn1cc(CN)c(-c2ccccn2)n1. The van der Waals surface area contributed by atoms with Crippen LogP contribution in [0.5, 0.6) is 0 Å². The molecule has 0 aliphatic rings. The minimum absolute atomic E-state index is 0.492. The van der Waals surface area contributed by atoms with Gasteiger partial charge in [-0.2, -0.15) is 5.10 Å². The molecule has 2 heterocycles. The van der Waals surface area contributed by atoms with E-state index in [0.717, 1.165) is 23.5 Å². The molecule has 0 amide bonds. The summed E-state index contributed by atoms with van der Waals surface area (Å²) < 4.78 is 1.88. The van der Waals surface area contributed by atoms with Gasteiger partial charge in [-0.1, -0.05) is 6.07 Å². The minimum atomic E-state index is 0.492. The molecule has 78 valence electrons. The summed E-state index contributed by atoms with van der Waals surface area (Å²) in [4.78, 5) is 4.27. The van der Waals surface area contributed by atoms with Crippen LogP contribution in [-0.2, 0) is 13.1 Å². The molecule has 0 fully saturated rings. The number of aryl methyl sites for hydroxylation is 1. The lowest BCUT2D eigenvalue weighted by Crippen LogP contribution is -1.97. The summed E-state index contributed by atoms with van der Waals surface area (Å²) in [5, 5.41) is 4.44. The monoisotopic (exact) mass is 202 g/mol. The number of aromatic nitrogens is 3. The van der Waals surface area contributed by atoms with Crippen molar-refractivity contribution in [1.82, 2.24) is 14.8 Å². The third kappa shape index (κ3) is 1.89. The van der Waals surface area contributed by atoms with Gasteiger partial charge in [0.2, 0.25) is 0 Å². The number of nitrogens with two attached hydrogens (primary N) is 1. The fraction of sp³-hybridized carbons (Fsp3) is 0.273. The van der Waals surface area contributed by atoms with Crippen molar-refractivity contribution in [3.05, 3.63) is 36.2 Å². The van der Waals surface area contributed by atoms with Crippen LogP contribution in [0.1, 0.15) is 12.5 Å². The van der Waals surface area contributed by atoms with E-state index < -0.39 is 0 Å². The first-order chi connectivity index (χ1) is 7.35. The highest BCUT2D eigenvalue weighted by atomic mass is 15.3. The summed E-state index contributed by atoms with van der Waals surface area (Å²) in [6.45, 7) is 3.39. The average Bonchev–Trinajstić information content (AvgIpc) is 2.73. The van der Waals surface area contributed by atoms with Gasteiger partial charge in [-0.05, 0) is 19.1 Å². The highest BCUT2D eigenvalue weighted by Crippen LogP contribution is 2.18. The summed E-state index contributed by atoms with van der Waals surface area (Å²) in [6.07, 6.45) is 3.74. The van der Waals surface area contributed by atoms with Gasteiger partial charge in [0.25, 0.3) is 0 Å². The smallest absolute Gasteiger partial charge is 0.115 e. The van der Waals surface area contributed by atoms with Gasteiger partial charge in [-0.15, -0.1) is 0 Å². The second-order valence-corrected chi connectivity index (χ2v) is 3.28. The van der Waals surface area contributed by atoms with Gasteiger partial charge in [0, 0.05) is 31.0 Å². The van der Waals surface area contributed by atoms with Gasteiger partial charge < -0.3 is 5.73 Å². The first-order valence-electron chi connectivity index (χ1n) is 5.03. The van der Waals surface area contributed by atoms with Gasteiger partial charge in [-0.25, -0.2) is 0 Å². The number of nitrogens with zero attached hydrogens (tertiary/aromatic N) is 3.